The van der Waals surface area contributed by atoms with Crippen molar-refractivity contribution in [2.24, 2.45) is 0 Å². The van der Waals surface area contributed by atoms with Crippen LogP contribution in [0, 0.1) is 0 Å². The standard InChI is InChI=1S/C25H24N4O5S/c1-15(2)29-23(31)19-7-5-4-6-18(19)21(27-29)22(30)26-12-13-28-24(32)20(35-25(28)33)14-16-8-10-17(34-3)11-9-16/h4-11,14-15H,12-13H2,1-3H3,(H,26,30)/b20-14-. The van der Waals surface area contributed by atoms with Crippen LogP contribution >= 0.6 is 11.8 Å². The third kappa shape index (κ3) is 4.97. The molecule has 0 atom stereocenters. The molecule has 35 heavy (non-hydrogen) atoms. The van der Waals surface area contributed by atoms with Crippen LogP contribution in [0.25, 0.3) is 16.8 Å². The number of fused-ring (bicyclic) bond motifs is 1. The summed E-state index contributed by atoms with van der Waals surface area (Å²) in [6, 6.07) is 13.7. The topological polar surface area (TPSA) is 111 Å². The highest BCUT2D eigenvalue weighted by atomic mass is 32.2. The van der Waals surface area contributed by atoms with Crippen LogP contribution in [0.3, 0.4) is 0 Å². The SMILES string of the molecule is COc1ccc(/C=C2\SC(=O)N(CCNC(=O)c3nn(C(C)C)c(=O)c4ccccc34)C2=O)cc1. The Kier molecular flexibility index (Phi) is 7.02. The smallest absolute Gasteiger partial charge is 0.293 e. The quantitative estimate of drug-likeness (QED) is 0.503. The number of amides is 3. The molecular formula is C25H24N4O5S. The number of hydrogen-bond donors (Lipinski definition) is 1. The minimum Gasteiger partial charge on any atom is -0.497 e. The van der Waals surface area contributed by atoms with Crippen LogP contribution in [0.4, 0.5) is 4.79 Å². The van der Waals surface area contributed by atoms with E-state index in [9.17, 15) is 19.2 Å². The number of carbonyl (C=O) groups excluding carboxylic acids is 3. The van der Waals surface area contributed by atoms with E-state index in [0.717, 1.165) is 22.2 Å². The molecule has 1 aromatic heterocycles. The zero-order valence-corrected chi connectivity index (χ0v) is 20.3. The van der Waals surface area contributed by atoms with Crippen LogP contribution in [-0.2, 0) is 4.79 Å². The summed E-state index contributed by atoms with van der Waals surface area (Å²) < 4.78 is 6.40. The fourth-order valence-electron chi connectivity index (χ4n) is 3.63. The fraction of sp³-hybridized carbons (Fsp3) is 0.240. The number of carbonyl (C=O) groups is 3. The van der Waals surface area contributed by atoms with Gasteiger partial charge in [-0.15, -0.1) is 0 Å². The zero-order valence-electron chi connectivity index (χ0n) is 19.5. The van der Waals surface area contributed by atoms with E-state index >= 15 is 0 Å². The fourth-order valence-corrected chi connectivity index (χ4v) is 4.50. The van der Waals surface area contributed by atoms with Crippen molar-refractivity contribution in [2.75, 3.05) is 20.2 Å². The molecule has 1 N–H and O–H groups in total. The van der Waals surface area contributed by atoms with Crippen molar-refractivity contribution in [1.82, 2.24) is 20.0 Å². The molecule has 10 heteroatoms. The van der Waals surface area contributed by atoms with Crippen molar-refractivity contribution in [3.8, 4) is 5.75 Å². The molecule has 0 radical (unpaired) electrons. The Morgan fingerprint density at radius 2 is 1.77 bits per heavy atom. The summed E-state index contributed by atoms with van der Waals surface area (Å²) >= 11 is 0.855. The van der Waals surface area contributed by atoms with Crippen molar-refractivity contribution in [2.45, 2.75) is 19.9 Å². The third-order valence-electron chi connectivity index (χ3n) is 5.44. The van der Waals surface area contributed by atoms with Crippen molar-refractivity contribution in [3.63, 3.8) is 0 Å². The largest absolute Gasteiger partial charge is 0.497 e. The molecule has 2 aromatic carbocycles. The van der Waals surface area contributed by atoms with E-state index < -0.39 is 17.1 Å². The highest BCUT2D eigenvalue weighted by Crippen LogP contribution is 2.32. The molecule has 0 saturated carbocycles. The average Bonchev–Trinajstić information content (AvgIpc) is 3.11. The van der Waals surface area contributed by atoms with Gasteiger partial charge < -0.3 is 10.1 Å². The van der Waals surface area contributed by atoms with Gasteiger partial charge in [0.1, 0.15) is 5.75 Å². The van der Waals surface area contributed by atoms with Crippen molar-refractivity contribution >= 4 is 45.7 Å². The second-order valence-corrected chi connectivity index (χ2v) is 9.09. The maximum atomic E-state index is 12.9. The lowest BCUT2D eigenvalue weighted by molar-refractivity contribution is -0.122. The number of benzene rings is 2. The number of nitrogens with zero attached hydrogens (tertiary/aromatic N) is 3. The van der Waals surface area contributed by atoms with Crippen LogP contribution < -0.4 is 15.6 Å². The molecule has 1 saturated heterocycles. The van der Waals surface area contributed by atoms with Gasteiger partial charge in [0.25, 0.3) is 22.6 Å². The first kappa shape index (κ1) is 24.2. The van der Waals surface area contributed by atoms with E-state index in [1.807, 2.05) is 13.8 Å². The van der Waals surface area contributed by atoms with Gasteiger partial charge >= 0.3 is 0 Å². The van der Waals surface area contributed by atoms with Gasteiger partial charge in [0.2, 0.25) is 0 Å². The van der Waals surface area contributed by atoms with Gasteiger partial charge in [-0.25, -0.2) is 4.68 Å². The molecule has 0 aliphatic carbocycles. The van der Waals surface area contributed by atoms with E-state index in [2.05, 4.69) is 10.4 Å². The molecule has 1 aliphatic heterocycles. The molecule has 4 rings (SSSR count). The van der Waals surface area contributed by atoms with Crippen LogP contribution in [0.5, 0.6) is 5.75 Å². The number of imide groups is 1. The molecule has 0 spiro atoms. The second-order valence-electron chi connectivity index (χ2n) is 8.10. The van der Waals surface area contributed by atoms with Crippen LogP contribution in [0.15, 0.2) is 58.2 Å². The van der Waals surface area contributed by atoms with E-state index in [0.29, 0.717) is 21.4 Å². The summed E-state index contributed by atoms with van der Waals surface area (Å²) in [6.45, 7) is 3.68. The Balaban J connectivity index is 1.46. The zero-order chi connectivity index (χ0) is 25.1. The van der Waals surface area contributed by atoms with Crippen LogP contribution in [-0.4, -0.2) is 51.9 Å². The lowest BCUT2D eigenvalue weighted by Crippen LogP contribution is -2.38. The Bertz CT molecular complexity index is 1400. The molecule has 3 aromatic rings. The Morgan fingerprint density at radius 3 is 2.43 bits per heavy atom. The van der Waals surface area contributed by atoms with Gasteiger partial charge in [-0.2, -0.15) is 5.10 Å². The number of rotatable bonds is 7. The molecule has 1 fully saturated rings. The Labute approximate surface area is 205 Å². The summed E-state index contributed by atoms with van der Waals surface area (Å²) in [5.74, 6) is -0.213. The van der Waals surface area contributed by atoms with Gasteiger partial charge in [-0.05, 0) is 55.4 Å². The van der Waals surface area contributed by atoms with Crippen LogP contribution in [0.2, 0.25) is 0 Å². The molecule has 3 amide bonds. The predicted octanol–water partition coefficient (Wildman–Crippen LogP) is 3.45. The number of aromatic nitrogens is 2. The Hall–Kier alpha value is -3.92. The first-order chi connectivity index (χ1) is 16.8. The molecule has 9 nitrogen and oxygen atoms in total. The molecular weight excluding hydrogens is 468 g/mol. The first-order valence-corrected chi connectivity index (χ1v) is 11.8. The molecule has 0 bridgehead atoms. The second kappa shape index (κ2) is 10.1. The van der Waals surface area contributed by atoms with Crippen molar-refractivity contribution < 1.29 is 19.1 Å². The average molecular weight is 493 g/mol. The maximum Gasteiger partial charge on any atom is 0.293 e. The lowest BCUT2D eigenvalue weighted by Gasteiger charge is -2.15. The van der Waals surface area contributed by atoms with Gasteiger partial charge in [-0.3, -0.25) is 24.1 Å². The highest BCUT2D eigenvalue weighted by Gasteiger charge is 2.34. The molecule has 0 unspecified atom stereocenters. The van der Waals surface area contributed by atoms with Gasteiger partial charge in [0.05, 0.1) is 23.4 Å². The summed E-state index contributed by atoms with van der Waals surface area (Å²) in [4.78, 5) is 52.2. The third-order valence-corrected chi connectivity index (χ3v) is 6.35. The monoisotopic (exact) mass is 492 g/mol. The van der Waals surface area contributed by atoms with E-state index in [-0.39, 0.29) is 30.4 Å². The number of nitrogens with one attached hydrogen (secondary N) is 1. The van der Waals surface area contributed by atoms with Crippen molar-refractivity contribution in [1.29, 1.82) is 0 Å². The number of thioether (sulfide) groups is 1. The van der Waals surface area contributed by atoms with Gasteiger partial charge in [0.15, 0.2) is 5.69 Å². The molecule has 180 valence electrons. The lowest BCUT2D eigenvalue weighted by atomic mass is 10.1. The molecule has 1 aliphatic rings. The summed E-state index contributed by atoms with van der Waals surface area (Å²) in [7, 11) is 1.57. The maximum absolute atomic E-state index is 12.9. The van der Waals surface area contributed by atoms with Crippen molar-refractivity contribution in [3.05, 3.63) is 75.0 Å². The summed E-state index contributed by atoms with van der Waals surface area (Å²) in [5, 5.41) is 7.43. The van der Waals surface area contributed by atoms with Gasteiger partial charge in [0, 0.05) is 18.5 Å². The van der Waals surface area contributed by atoms with Gasteiger partial charge in [-0.1, -0.05) is 30.3 Å². The Morgan fingerprint density at radius 1 is 1.09 bits per heavy atom. The predicted molar refractivity (Wildman–Crippen MR) is 134 cm³/mol. The minimum atomic E-state index is -0.489. The normalized spacial score (nSPS) is 14.9. The van der Waals surface area contributed by atoms with E-state index in [1.165, 1.54) is 4.68 Å². The number of ether oxygens (including phenoxy) is 1. The number of hydrogen-bond acceptors (Lipinski definition) is 7. The van der Waals surface area contributed by atoms with E-state index in [4.69, 9.17) is 4.74 Å². The summed E-state index contributed by atoms with van der Waals surface area (Å²) in [5.41, 5.74) is 0.610. The number of methoxy groups -OCH3 is 1. The highest BCUT2D eigenvalue weighted by molar-refractivity contribution is 8.18. The minimum absolute atomic E-state index is 0.0120. The molecule has 2 heterocycles. The first-order valence-electron chi connectivity index (χ1n) is 11.0. The van der Waals surface area contributed by atoms with E-state index in [1.54, 1.807) is 61.7 Å². The van der Waals surface area contributed by atoms with Crippen LogP contribution in [0.1, 0.15) is 35.9 Å². The summed E-state index contributed by atoms with van der Waals surface area (Å²) in [6.07, 6.45) is 1.65.